The second kappa shape index (κ2) is 10.4. The quantitative estimate of drug-likeness (QED) is 0.421. The van der Waals surface area contributed by atoms with Gasteiger partial charge in [-0.2, -0.15) is 0 Å². The van der Waals surface area contributed by atoms with Crippen molar-refractivity contribution in [1.82, 2.24) is 9.80 Å². The Morgan fingerprint density at radius 1 is 1.41 bits per heavy atom. The third-order valence-corrected chi connectivity index (χ3v) is 4.85. The fraction of sp³-hybridized carbons (Fsp3) is 0.667. The molecule has 1 saturated heterocycles. The first-order valence-electron chi connectivity index (χ1n) is 7.66. The molecule has 1 aromatic heterocycles. The van der Waals surface area contributed by atoms with Crippen LogP contribution in [0.25, 0.3) is 0 Å². The van der Waals surface area contributed by atoms with Crippen LogP contribution in [0, 0.1) is 0 Å². The maximum Gasteiger partial charge on any atom is 0.191 e. The van der Waals surface area contributed by atoms with Gasteiger partial charge in [0.05, 0.1) is 25.8 Å². The highest BCUT2D eigenvalue weighted by molar-refractivity contribution is 14.0. The van der Waals surface area contributed by atoms with Gasteiger partial charge in [-0.15, -0.1) is 35.3 Å². The molecule has 1 fully saturated rings. The van der Waals surface area contributed by atoms with Crippen molar-refractivity contribution < 1.29 is 4.74 Å². The number of hydrogen-bond acceptors (Lipinski definition) is 4. The number of aliphatic imine (C=N–C) groups is 1. The van der Waals surface area contributed by atoms with Crippen LogP contribution < -0.4 is 5.73 Å². The van der Waals surface area contributed by atoms with Crippen molar-refractivity contribution in [2.24, 2.45) is 10.7 Å². The maximum atomic E-state index is 6.11. The smallest absolute Gasteiger partial charge is 0.191 e. The molecule has 1 aliphatic rings. The average Bonchev–Trinajstić information content (AvgIpc) is 3.04. The predicted octanol–water partition coefficient (Wildman–Crippen LogP) is 2.40. The molecule has 0 aromatic carbocycles. The topological polar surface area (TPSA) is 54.1 Å². The number of ether oxygens (including phenoxy) is 1. The summed E-state index contributed by atoms with van der Waals surface area (Å²) >= 11 is 1.79. The van der Waals surface area contributed by atoms with Gasteiger partial charge in [-0.25, -0.2) is 0 Å². The van der Waals surface area contributed by atoms with E-state index >= 15 is 0 Å². The van der Waals surface area contributed by atoms with Crippen LogP contribution in [0.15, 0.2) is 22.5 Å². The van der Waals surface area contributed by atoms with Gasteiger partial charge in [0.25, 0.3) is 0 Å². The van der Waals surface area contributed by atoms with E-state index in [0.29, 0.717) is 18.5 Å². The monoisotopic (exact) mass is 438 g/mol. The summed E-state index contributed by atoms with van der Waals surface area (Å²) in [5, 5.41) is 2.13. The molecule has 22 heavy (non-hydrogen) atoms. The van der Waals surface area contributed by atoms with Crippen LogP contribution in [0.4, 0.5) is 0 Å². The number of thiophene rings is 1. The highest BCUT2D eigenvalue weighted by atomic mass is 127. The largest absolute Gasteiger partial charge is 0.379 e. The third-order valence-electron chi connectivity index (χ3n) is 3.87. The lowest BCUT2D eigenvalue weighted by Gasteiger charge is -2.33. The molecule has 5 nitrogen and oxygen atoms in total. The van der Waals surface area contributed by atoms with Crippen molar-refractivity contribution in [3.05, 3.63) is 22.4 Å². The summed E-state index contributed by atoms with van der Waals surface area (Å²) in [6.07, 6.45) is 0. The lowest BCUT2D eigenvalue weighted by molar-refractivity contribution is 0.0186. The van der Waals surface area contributed by atoms with Gasteiger partial charge < -0.3 is 15.4 Å². The van der Waals surface area contributed by atoms with E-state index in [-0.39, 0.29) is 24.0 Å². The molecule has 2 heterocycles. The Hall–Kier alpha value is -0.380. The van der Waals surface area contributed by atoms with Crippen LogP contribution in [0.1, 0.15) is 24.8 Å². The molecular formula is C15H27IN4OS. The van der Waals surface area contributed by atoms with E-state index < -0.39 is 0 Å². The molecule has 0 saturated carbocycles. The van der Waals surface area contributed by atoms with Crippen molar-refractivity contribution >= 4 is 41.3 Å². The van der Waals surface area contributed by atoms with Crippen molar-refractivity contribution in [3.8, 4) is 0 Å². The SMILES string of the molecule is CCN(CC)C(N)=NCC(c1cccs1)N1CCOCC1.I. The van der Waals surface area contributed by atoms with Crippen LogP contribution in [-0.4, -0.2) is 61.7 Å². The predicted molar refractivity (Wildman–Crippen MR) is 104 cm³/mol. The van der Waals surface area contributed by atoms with E-state index in [1.807, 2.05) is 0 Å². The first-order valence-corrected chi connectivity index (χ1v) is 8.54. The van der Waals surface area contributed by atoms with E-state index in [4.69, 9.17) is 10.5 Å². The van der Waals surface area contributed by atoms with Crippen molar-refractivity contribution in [2.75, 3.05) is 45.9 Å². The molecule has 0 radical (unpaired) electrons. The first kappa shape index (κ1) is 19.7. The Morgan fingerprint density at radius 3 is 2.64 bits per heavy atom. The normalized spacial score (nSPS) is 17.8. The van der Waals surface area contributed by atoms with Gasteiger partial charge in [0, 0.05) is 31.1 Å². The number of guanidine groups is 1. The van der Waals surface area contributed by atoms with Crippen LogP contribution in [0.5, 0.6) is 0 Å². The molecule has 1 aliphatic heterocycles. The number of nitrogens with zero attached hydrogens (tertiary/aromatic N) is 3. The Balaban J connectivity index is 0.00000242. The summed E-state index contributed by atoms with van der Waals surface area (Å²) in [6, 6.07) is 4.60. The number of rotatable bonds is 6. The lowest BCUT2D eigenvalue weighted by Crippen LogP contribution is -2.41. The summed E-state index contributed by atoms with van der Waals surface area (Å²) in [6.45, 7) is 10.2. The molecule has 126 valence electrons. The van der Waals surface area contributed by atoms with Gasteiger partial charge in [-0.1, -0.05) is 6.07 Å². The summed E-state index contributed by atoms with van der Waals surface area (Å²) in [4.78, 5) is 10.5. The van der Waals surface area contributed by atoms with Crippen LogP contribution in [0.3, 0.4) is 0 Å². The number of morpholine rings is 1. The number of hydrogen-bond donors (Lipinski definition) is 1. The van der Waals surface area contributed by atoms with Crippen molar-refractivity contribution in [1.29, 1.82) is 0 Å². The first-order chi connectivity index (χ1) is 10.3. The van der Waals surface area contributed by atoms with Crippen LogP contribution in [0.2, 0.25) is 0 Å². The van der Waals surface area contributed by atoms with Gasteiger partial charge >= 0.3 is 0 Å². The van der Waals surface area contributed by atoms with E-state index in [9.17, 15) is 0 Å². The van der Waals surface area contributed by atoms with E-state index in [2.05, 4.69) is 46.2 Å². The highest BCUT2D eigenvalue weighted by Crippen LogP contribution is 2.26. The Bertz CT molecular complexity index is 431. The Morgan fingerprint density at radius 2 is 2.09 bits per heavy atom. The van der Waals surface area contributed by atoms with Gasteiger partial charge in [-0.05, 0) is 25.3 Å². The summed E-state index contributed by atoms with van der Waals surface area (Å²) in [5.41, 5.74) is 6.11. The van der Waals surface area contributed by atoms with E-state index in [0.717, 1.165) is 39.4 Å². The molecular weight excluding hydrogens is 411 g/mol. The molecule has 1 atom stereocenters. The zero-order valence-corrected chi connectivity index (χ0v) is 16.5. The average molecular weight is 438 g/mol. The number of nitrogens with two attached hydrogens (primary N) is 1. The second-order valence-electron chi connectivity index (χ2n) is 5.05. The molecule has 0 bridgehead atoms. The minimum absolute atomic E-state index is 0. The molecule has 2 rings (SSSR count). The molecule has 2 N–H and O–H groups in total. The summed E-state index contributed by atoms with van der Waals surface area (Å²) < 4.78 is 5.46. The number of halogens is 1. The molecule has 1 unspecified atom stereocenters. The lowest BCUT2D eigenvalue weighted by atomic mass is 10.2. The second-order valence-corrected chi connectivity index (χ2v) is 6.03. The van der Waals surface area contributed by atoms with Gasteiger partial charge in [0.1, 0.15) is 0 Å². The summed E-state index contributed by atoms with van der Waals surface area (Å²) in [5.74, 6) is 0.648. The van der Waals surface area contributed by atoms with Crippen molar-refractivity contribution in [2.45, 2.75) is 19.9 Å². The summed E-state index contributed by atoms with van der Waals surface area (Å²) in [7, 11) is 0. The third kappa shape index (κ3) is 5.36. The van der Waals surface area contributed by atoms with Gasteiger partial charge in [-0.3, -0.25) is 9.89 Å². The van der Waals surface area contributed by atoms with Gasteiger partial charge in [0.15, 0.2) is 5.96 Å². The fourth-order valence-corrected chi connectivity index (χ4v) is 3.44. The molecule has 7 heteroatoms. The highest BCUT2D eigenvalue weighted by Gasteiger charge is 2.23. The zero-order chi connectivity index (χ0) is 15.1. The van der Waals surface area contributed by atoms with E-state index in [1.165, 1.54) is 4.88 Å². The van der Waals surface area contributed by atoms with Crippen LogP contribution >= 0.6 is 35.3 Å². The van der Waals surface area contributed by atoms with Crippen LogP contribution in [-0.2, 0) is 4.74 Å². The Labute approximate surface area is 154 Å². The van der Waals surface area contributed by atoms with Crippen molar-refractivity contribution in [3.63, 3.8) is 0 Å². The minimum Gasteiger partial charge on any atom is -0.379 e. The fourth-order valence-electron chi connectivity index (χ4n) is 2.58. The molecule has 1 aromatic rings. The Kier molecular flexibility index (Phi) is 9.30. The standard InChI is InChI=1S/C15H26N4OS.HI/c1-3-18(4-2)15(16)17-12-13(14-6-5-11-21-14)19-7-9-20-10-8-19;/h5-6,11,13H,3-4,7-10,12H2,1-2H3,(H2,16,17);1H. The minimum atomic E-state index is 0. The zero-order valence-electron chi connectivity index (χ0n) is 13.4. The molecule has 0 aliphatic carbocycles. The molecule has 0 spiro atoms. The van der Waals surface area contributed by atoms with Gasteiger partial charge in [0.2, 0.25) is 0 Å². The van der Waals surface area contributed by atoms with E-state index in [1.54, 1.807) is 11.3 Å². The maximum absolute atomic E-state index is 6.11. The molecule has 0 amide bonds.